The predicted octanol–water partition coefficient (Wildman–Crippen LogP) is 9.07. The summed E-state index contributed by atoms with van der Waals surface area (Å²) in [5.74, 6) is 93.2. The molecule has 1 fully saturated rings. The van der Waals surface area contributed by atoms with E-state index in [2.05, 4.69) is 266 Å². The van der Waals surface area contributed by atoms with E-state index in [1.165, 1.54) is 0 Å². The number of rotatable bonds is 15. The Bertz CT molecular complexity index is 3810. The van der Waals surface area contributed by atoms with Crippen LogP contribution in [0.4, 0.5) is 10.5 Å². The molecule has 85 heavy (non-hydrogen) atoms. The highest BCUT2D eigenvalue weighted by Gasteiger charge is 2.49. The summed E-state index contributed by atoms with van der Waals surface area (Å²) in [6.45, 7) is 17.1. The van der Waals surface area contributed by atoms with E-state index < -0.39 is 0 Å². The van der Waals surface area contributed by atoms with Crippen LogP contribution >= 0.6 is 0 Å². The molecular formula is C78H62N2O5. The van der Waals surface area contributed by atoms with Crippen molar-refractivity contribution >= 4 is 17.7 Å². The van der Waals surface area contributed by atoms with Gasteiger partial charge in [-0.1, -0.05) is 96.6 Å². The smallest absolute Gasteiger partial charge is 0.407 e. The SMILES string of the molecule is C#CC#CC#CC#CC#CC#CC#CC#CC#CC#CC#CC#CC#CC#CC#CC#CC#C.CCC(C)(C)CC(=O)N1Cc2ccccc2C#Cc2ccccc21.CCC(C)(C)CCOCCOCCNC(=O)OCC1[C@H]2CCC#CCC[C@@H]12. The summed E-state index contributed by atoms with van der Waals surface area (Å²) in [4.78, 5) is 26.8. The first-order valence-corrected chi connectivity index (χ1v) is 27.4. The second-order valence-corrected chi connectivity index (χ2v) is 19.6. The summed E-state index contributed by atoms with van der Waals surface area (Å²) < 4.78 is 16.4. The van der Waals surface area contributed by atoms with Gasteiger partial charge in [0.15, 0.2) is 0 Å². The van der Waals surface area contributed by atoms with E-state index >= 15 is 0 Å². The summed E-state index contributed by atoms with van der Waals surface area (Å²) in [7, 11) is 0. The number of hydrogen-bond acceptors (Lipinski definition) is 5. The molecule has 3 aliphatic rings. The molecule has 1 N–H and O–H groups in total. The van der Waals surface area contributed by atoms with Crippen LogP contribution in [0, 0.1) is 255 Å². The van der Waals surface area contributed by atoms with Gasteiger partial charge in [-0.05, 0) is 166 Å². The zero-order chi connectivity index (χ0) is 61.3. The maximum Gasteiger partial charge on any atom is 0.407 e. The second kappa shape index (κ2) is 42.6. The van der Waals surface area contributed by atoms with E-state index in [1.54, 1.807) is 0 Å². The number of para-hydroxylation sites is 1. The van der Waals surface area contributed by atoms with Gasteiger partial charge in [0.1, 0.15) is 0 Å². The largest absolute Gasteiger partial charge is 0.449 e. The third-order valence-corrected chi connectivity index (χ3v) is 12.7. The Balaban J connectivity index is 0.000000338. The summed E-state index contributed by atoms with van der Waals surface area (Å²) in [5, 5.41) is 2.75. The predicted molar refractivity (Wildman–Crippen MR) is 339 cm³/mol. The van der Waals surface area contributed by atoms with Crippen molar-refractivity contribution in [1.29, 1.82) is 0 Å². The highest BCUT2D eigenvalue weighted by Crippen LogP contribution is 2.52. The van der Waals surface area contributed by atoms with Crippen LogP contribution in [0.25, 0.3) is 0 Å². The summed E-state index contributed by atoms with van der Waals surface area (Å²) in [6.07, 6.45) is 17.5. The number of benzene rings is 2. The van der Waals surface area contributed by atoms with Crippen LogP contribution in [-0.2, 0) is 25.5 Å². The lowest BCUT2D eigenvalue weighted by molar-refractivity contribution is -0.120. The van der Waals surface area contributed by atoms with Crippen molar-refractivity contribution in [2.75, 3.05) is 44.5 Å². The van der Waals surface area contributed by atoms with Gasteiger partial charge in [0.2, 0.25) is 5.91 Å². The fourth-order valence-corrected chi connectivity index (χ4v) is 7.36. The molecule has 1 aliphatic heterocycles. The minimum Gasteiger partial charge on any atom is -0.449 e. The molecule has 5 rings (SSSR count). The first-order valence-electron chi connectivity index (χ1n) is 27.4. The number of anilines is 1. The molecule has 3 atom stereocenters. The molecule has 7 heteroatoms. The highest BCUT2D eigenvalue weighted by molar-refractivity contribution is 5.95. The van der Waals surface area contributed by atoms with Gasteiger partial charge in [-0.15, -0.1) is 24.7 Å². The third kappa shape index (κ3) is 31.9. The van der Waals surface area contributed by atoms with Crippen LogP contribution in [0.1, 0.15) is 110 Å². The Kier molecular flexibility index (Phi) is 34.1. The molecule has 1 heterocycles. The van der Waals surface area contributed by atoms with Crippen LogP contribution < -0.4 is 10.2 Å². The molecule has 0 aromatic heterocycles. The number of alkyl carbamates (subject to hydrolysis) is 1. The van der Waals surface area contributed by atoms with Gasteiger partial charge >= 0.3 is 6.09 Å². The first-order chi connectivity index (χ1) is 41.4. The molecule has 0 saturated heterocycles. The maximum absolute atomic E-state index is 13.1. The fraction of sp³-hybridized carbons (Fsp3) is 0.333. The Morgan fingerprint density at radius 2 is 0.941 bits per heavy atom. The lowest BCUT2D eigenvalue weighted by Crippen LogP contribution is -2.34. The molecule has 2 amide bonds. The van der Waals surface area contributed by atoms with E-state index in [4.69, 9.17) is 27.1 Å². The molecular weight excluding hydrogens is 1040 g/mol. The summed E-state index contributed by atoms with van der Waals surface area (Å²) in [5.41, 5.74) is 4.27. The van der Waals surface area contributed by atoms with Crippen LogP contribution in [0.15, 0.2) is 48.5 Å². The lowest BCUT2D eigenvalue weighted by atomic mass is 9.85. The van der Waals surface area contributed by atoms with Crippen molar-refractivity contribution in [3.8, 4) is 226 Å². The van der Waals surface area contributed by atoms with Crippen molar-refractivity contribution in [1.82, 2.24) is 5.32 Å². The lowest BCUT2D eigenvalue weighted by Gasteiger charge is -2.30. The van der Waals surface area contributed by atoms with Crippen LogP contribution in [0.5, 0.6) is 0 Å². The van der Waals surface area contributed by atoms with Crippen molar-refractivity contribution in [2.24, 2.45) is 28.6 Å². The minimum absolute atomic E-state index is 0.000407. The molecule has 0 radical (unpaired) electrons. The number of fused-ring (bicyclic) bond motifs is 3. The molecule has 2 aromatic carbocycles. The Morgan fingerprint density at radius 1 is 0.541 bits per heavy atom. The van der Waals surface area contributed by atoms with Gasteiger partial charge in [0, 0.05) is 138 Å². The van der Waals surface area contributed by atoms with Crippen molar-refractivity contribution < 1.29 is 23.8 Å². The molecule has 2 aromatic rings. The summed E-state index contributed by atoms with van der Waals surface area (Å²) in [6, 6.07) is 16.0. The van der Waals surface area contributed by atoms with E-state index in [1.807, 2.05) is 47.4 Å². The molecule has 7 nitrogen and oxygen atoms in total. The van der Waals surface area contributed by atoms with Gasteiger partial charge in [0.25, 0.3) is 0 Å². The van der Waals surface area contributed by atoms with Gasteiger partial charge in [-0.25, -0.2) is 4.79 Å². The van der Waals surface area contributed by atoms with E-state index in [0.717, 1.165) is 73.9 Å². The number of carbonyl (C=O) groups is 2. The quantitative estimate of drug-likeness (QED) is 0.142. The number of nitrogens with one attached hydrogen (secondary N) is 1. The molecule has 414 valence electrons. The normalized spacial score (nSPS) is 12.8. The molecule has 2 aliphatic carbocycles. The van der Waals surface area contributed by atoms with Gasteiger partial charge in [0.05, 0.1) is 38.7 Å². The molecule has 1 saturated carbocycles. The Labute approximate surface area is 508 Å². The van der Waals surface area contributed by atoms with E-state index in [0.29, 0.717) is 69.1 Å². The van der Waals surface area contributed by atoms with Crippen LogP contribution in [0.2, 0.25) is 0 Å². The number of ether oxygens (including phenoxy) is 3. The Morgan fingerprint density at radius 3 is 1.39 bits per heavy atom. The van der Waals surface area contributed by atoms with Crippen LogP contribution in [-0.4, -0.2) is 51.6 Å². The first kappa shape index (κ1) is 68.0. The molecule has 1 unspecified atom stereocenters. The van der Waals surface area contributed by atoms with Gasteiger partial charge in [-0.3, -0.25) is 4.79 Å². The standard InChI is InChI=1S/C34H2.C22H37NO4.C22H23NO/c1-3-5-7-9-11-13-15-17-19-21-23-25-27-29-31-33-34-32-30-28-26-24-22-20-18-16-14-12-10-8-6-4-2;1-4-22(2,3)11-13-25-15-16-26-14-12-23-21(24)27-17-20-18-9-7-5-6-8-10-19(18)20;1-4-22(2,3)15-21(24)23-16-19-11-6-5-9-17(19)13-14-18-10-7-8-12-20(18)23/h1-2H;18-20H,4,7-17H2,1-3H3,(H,23,24);5-12H,4,15-16H2,1-3H3/t;18-,19+,20?;. The number of terminal acetylenes is 2. The monoisotopic (exact) mass is 1110 g/mol. The van der Waals surface area contributed by atoms with Crippen molar-refractivity contribution in [3.63, 3.8) is 0 Å². The third-order valence-electron chi connectivity index (χ3n) is 12.7. The number of carbonyl (C=O) groups excluding carboxylic acids is 2. The molecule has 0 bridgehead atoms. The topological polar surface area (TPSA) is 77.1 Å². The van der Waals surface area contributed by atoms with E-state index in [-0.39, 0.29) is 17.4 Å². The summed E-state index contributed by atoms with van der Waals surface area (Å²) >= 11 is 0. The zero-order valence-electron chi connectivity index (χ0n) is 49.1. The average molecular weight is 1110 g/mol. The number of hydrogen-bond donors (Lipinski definition) is 1. The van der Waals surface area contributed by atoms with Crippen molar-refractivity contribution in [2.45, 2.75) is 99.5 Å². The number of amides is 2. The fourth-order valence-electron chi connectivity index (χ4n) is 7.36. The highest BCUT2D eigenvalue weighted by atomic mass is 16.6. The average Bonchev–Trinajstić information content (AvgIpc) is 2.86. The minimum atomic E-state index is -0.341. The number of nitrogens with zero attached hydrogens (tertiary/aromatic N) is 1. The second-order valence-electron chi connectivity index (χ2n) is 19.6. The van der Waals surface area contributed by atoms with Gasteiger partial charge in [-0.2, -0.15) is 0 Å². The van der Waals surface area contributed by atoms with Crippen LogP contribution in [0.3, 0.4) is 0 Å². The molecule has 0 spiro atoms. The Hall–Kier alpha value is -11.3. The zero-order valence-corrected chi connectivity index (χ0v) is 49.1. The van der Waals surface area contributed by atoms with Gasteiger partial charge < -0.3 is 24.4 Å². The maximum atomic E-state index is 13.1. The van der Waals surface area contributed by atoms with E-state index in [9.17, 15) is 9.59 Å². The van der Waals surface area contributed by atoms with Crippen molar-refractivity contribution in [3.05, 3.63) is 65.2 Å².